The zero-order chi connectivity index (χ0) is 31.8. The second-order valence-electron chi connectivity index (χ2n) is 12.7. The summed E-state index contributed by atoms with van der Waals surface area (Å²) in [7, 11) is 0. The molecule has 4 aliphatic heterocycles. The minimum absolute atomic E-state index is 0.116. The molecule has 1 aromatic carbocycles. The fraction of sp³-hybridized carbons (Fsp3) is 0.629. The van der Waals surface area contributed by atoms with E-state index in [4.69, 9.17) is 9.47 Å². The zero-order valence-electron chi connectivity index (χ0n) is 26.6. The summed E-state index contributed by atoms with van der Waals surface area (Å²) in [6, 6.07) is 9.03. The Morgan fingerprint density at radius 2 is 1.69 bits per heavy atom. The Bertz CT molecular complexity index is 1190. The van der Waals surface area contributed by atoms with Gasteiger partial charge < -0.3 is 29.3 Å². The molecule has 4 heterocycles. The molecular weight excluding hydrogens is 572 g/mol. The van der Waals surface area contributed by atoms with Crippen LogP contribution in [0.3, 0.4) is 0 Å². The summed E-state index contributed by atoms with van der Waals surface area (Å²) in [6.45, 7) is 13.7. The van der Waals surface area contributed by atoms with Crippen molar-refractivity contribution >= 4 is 17.7 Å². The number of morpholine rings is 1. The number of benzene rings is 1. The predicted octanol–water partition coefficient (Wildman–Crippen LogP) is 2.48. The minimum atomic E-state index is -1.03. The summed E-state index contributed by atoms with van der Waals surface area (Å²) < 4.78 is 12.2. The van der Waals surface area contributed by atoms with Gasteiger partial charge in [0.1, 0.15) is 11.6 Å². The molecule has 5 rings (SSSR count). The third-order valence-electron chi connectivity index (χ3n) is 9.95. The van der Waals surface area contributed by atoms with Crippen LogP contribution in [0.1, 0.15) is 44.1 Å². The lowest BCUT2D eigenvalue weighted by atomic mass is 9.70. The van der Waals surface area contributed by atoms with Crippen molar-refractivity contribution in [2.45, 2.75) is 62.8 Å². The van der Waals surface area contributed by atoms with Gasteiger partial charge in [0.05, 0.1) is 31.2 Å². The molecule has 2 unspecified atom stereocenters. The number of amides is 3. The number of hydrogen-bond donors (Lipinski definition) is 1. The van der Waals surface area contributed by atoms with E-state index in [1.807, 2.05) is 35.2 Å². The molecule has 10 heteroatoms. The van der Waals surface area contributed by atoms with Gasteiger partial charge in [-0.15, -0.1) is 13.2 Å². The number of ether oxygens (including phenoxy) is 2. The van der Waals surface area contributed by atoms with Crippen LogP contribution in [-0.4, -0.2) is 126 Å². The highest BCUT2D eigenvalue weighted by molar-refractivity contribution is 5.99. The van der Waals surface area contributed by atoms with Crippen LogP contribution in [0.5, 0.6) is 0 Å². The molecule has 4 saturated heterocycles. The molecule has 0 radical (unpaired) electrons. The van der Waals surface area contributed by atoms with E-state index in [0.29, 0.717) is 78.2 Å². The van der Waals surface area contributed by atoms with Gasteiger partial charge in [-0.3, -0.25) is 19.3 Å². The van der Waals surface area contributed by atoms with Gasteiger partial charge in [-0.1, -0.05) is 55.3 Å². The van der Waals surface area contributed by atoms with Gasteiger partial charge in [-0.05, 0) is 31.2 Å². The van der Waals surface area contributed by atoms with Gasteiger partial charge in [-0.25, -0.2) is 0 Å². The van der Waals surface area contributed by atoms with E-state index in [1.54, 1.807) is 22.0 Å². The quantitative estimate of drug-likeness (QED) is 0.210. The zero-order valence-corrected chi connectivity index (χ0v) is 26.6. The lowest BCUT2D eigenvalue weighted by Gasteiger charge is -2.37. The number of rotatable bonds is 17. The van der Waals surface area contributed by atoms with Crippen LogP contribution in [0.15, 0.2) is 55.6 Å². The standard InChI is InChI=1S/C35H50N4O6/c1-3-16-37(20-19-36-21-24-44-25-22-36)34(43)31-35-15-14-28(45-35)29(30(35)33(42)39(31)18-10-5-6-11-23-40)32(41)38(17-4-2)26-27-12-8-7-9-13-27/h3-4,7-9,12-13,28-31,40H,1-2,5-6,10-11,14-26H2/t28-,29+,30+,31?,35?/m1/s1. The Morgan fingerprint density at radius 3 is 2.40 bits per heavy atom. The van der Waals surface area contributed by atoms with Crippen molar-refractivity contribution in [3.8, 4) is 0 Å². The molecule has 1 spiro atoms. The van der Waals surface area contributed by atoms with E-state index in [1.165, 1.54) is 0 Å². The van der Waals surface area contributed by atoms with Crippen LogP contribution >= 0.6 is 0 Å². The minimum Gasteiger partial charge on any atom is -0.396 e. The van der Waals surface area contributed by atoms with E-state index >= 15 is 0 Å². The Hall–Kier alpha value is -3.05. The monoisotopic (exact) mass is 622 g/mol. The van der Waals surface area contributed by atoms with Crippen molar-refractivity contribution in [2.75, 3.05) is 65.6 Å². The lowest BCUT2D eigenvalue weighted by molar-refractivity contribution is -0.149. The number of hydrogen-bond acceptors (Lipinski definition) is 7. The number of unbranched alkanes of at least 4 members (excludes halogenated alkanes) is 3. The maximum atomic E-state index is 14.6. The fourth-order valence-electron chi connectivity index (χ4n) is 7.81. The summed E-state index contributed by atoms with van der Waals surface area (Å²) >= 11 is 0. The maximum absolute atomic E-state index is 14.6. The van der Waals surface area contributed by atoms with Crippen molar-refractivity contribution < 1.29 is 29.0 Å². The van der Waals surface area contributed by atoms with E-state index in [9.17, 15) is 19.5 Å². The molecular formula is C35H50N4O6. The Morgan fingerprint density at radius 1 is 0.978 bits per heavy atom. The molecule has 246 valence electrons. The molecule has 2 bridgehead atoms. The molecule has 4 fully saturated rings. The first-order valence-corrected chi connectivity index (χ1v) is 16.7. The first-order chi connectivity index (χ1) is 21.9. The van der Waals surface area contributed by atoms with Gasteiger partial charge in [-0.2, -0.15) is 0 Å². The van der Waals surface area contributed by atoms with Crippen molar-refractivity contribution in [1.29, 1.82) is 0 Å². The third kappa shape index (κ3) is 7.04. The lowest BCUT2D eigenvalue weighted by Crippen LogP contribution is -2.57. The van der Waals surface area contributed by atoms with E-state index in [-0.39, 0.29) is 24.3 Å². The Labute approximate surface area is 267 Å². The highest BCUT2D eigenvalue weighted by atomic mass is 16.5. The van der Waals surface area contributed by atoms with E-state index in [0.717, 1.165) is 31.5 Å². The van der Waals surface area contributed by atoms with Crippen LogP contribution in [-0.2, 0) is 30.4 Å². The summed E-state index contributed by atoms with van der Waals surface area (Å²) in [4.78, 5) is 51.0. The molecule has 5 atom stereocenters. The first-order valence-electron chi connectivity index (χ1n) is 16.7. The topological polar surface area (TPSA) is 103 Å². The Balaban J connectivity index is 1.41. The van der Waals surface area contributed by atoms with Crippen LogP contribution in [0.4, 0.5) is 0 Å². The molecule has 1 aromatic rings. The largest absolute Gasteiger partial charge is 0.396 e. The van der Waals surface area contributed by atoms with Gasteiger partial charge in [0, 0.05) is 59.0 Å². The van der Waals surface area contributed by atoms with E-state index in [2.05, 4.69) is 18.1 Å². The average Bonchev–Trinajstić information content (AvgIpc) is 3.70. The van der Waals surface area contributed by atoms with Crippen LogP contribution in [0, 0.1) is 11.8 Å². The number of aliphatic hydroxyl groups excluding tert-OH is 1. The molecule has 45 heavy (non-hydrogen) atoms. The molecule has 3 amide bonds. The van der Waals surface area contributed by atoms with Crippen molar-refractivity contribution in [2.24, 2.45) is 11.8 Å². The normalized spacial score (nSPS) is 27.4. The number of fused-ring (bicyclic) bond motifs is 1. The average molecular weight is 623 g/mol. The number of aliphatic hydroxyl groups is 1. The van der Waals surface area contributed by atoms with Gasteiger partial charge in [0.25, 0.3) is 0 Å². The SMILES string of the molecule is C=CCN(CCN1CCOCC1)C(=O)C1N(CCCCCCO)C(=O)[C@@H]2[C@@H](C(=O)N(CC=C)Cc3ccccc3)[C@H]3CCC12O3. The second-order valence-corrected chi connectivity index (χ2v) is 12.7. The van der Waals surface area contributed by atoms with Crippen LogP contribution in [0.25, 0.3) is 0 Å². The first kappa shape index (κ1) is 33.3. The van der Waals surface area contributed by atoms with Gasteiger partial charge in [0.2, 0.25) is 17.7 Å². The van der Waals surface area contributed by atoms with Crippen molar-refractivity contribution in [1.82, 2.24) is 19.6 Å². The predicted molar refractivity (Wildman–Crippen MR) is 171 cm³/mol. The number of carbonyl (C=O) groups excluding carboxylic acids is 3. The van der Waals surface area contributed by atoms with Crippen molar-refractivity contribution in [3.63, 3.8) is 0 Å². The summed E-state index contributed by atoms with van der Waals surface area (Å²) in [5.41, 5.74) is -0.0305. The highest BCUT2D eigenvalue weighted by Crippen LogP contribution is 2.59. The van der Waals surface area contributed by atoms with Gasteiger partial charge >= 0.3 is 0 Å². The fourth-order valence-corrected chi connectivity index (χ4v) is 7.81. The molecule has 0 aromatic heterocycles. The van der Waals surface area contributed by atoms with Crippen molar-refractivity contribution in [3.05, 3.63) is 61.2 Å². The number of nitrogens with zero attached hydrogens (tertiary/aromatic N) is 4. The Kier molecular flexibility index (Phi) is 11.5. The molecule has 1 N–H and O–H groups in total. The van der Waals surface area contributed by atoms with Crippen LogP contribution in [0.2, 0.25) is 0 Å². The molecule has 0 aliphatic carbocycles. The smallest absolute Gasteiger partial charge is 0.248 e. The number of likely N-dealkylation sites (tertiary alicyclic amines) is 1. The summed E-state index contributed by atoms with van der Waals surface area (Å²) in [6.07, 6.45) is 7.36. The van der Waals surface area contributed by atoms with Gasteiger partial charge in [0.15, 0.2) is 0 Å². The highest BCUT2D eigenvalue weighted by Gasteiger charge is 2.74. The molecule has 0 saturated carbocycles. The molecule has 10 nitrogen and oxygen atoms in total. The van der Waals surface area contributed by atoms with Crippen LogP contribution < -0.4 is 0 Å². The third-order valence-corrected chi connectivity index (χ3v) is 9.95. The number of carbonyl (C=O) groups is 3. The molecule has 4 aliphatic rings. The van der Waals surface area contributed by atoms with E-state index < -0.39 is 29.6 Å². The summed E-state index contributed by atoms with van der Waals surface area (Å²) in [5, 5.41) is 9.24. The second kappa shape index (κ2) is 15.5. The maximum Gasteiger partial charge on any atom is 0.248 e. The summed E-state index contributed by atoms with van der Waals surface area (Å²) in [5.74, 6) is -1.75.